The Morgan fingerprint density at radius 1 is 1.42 bits per heavy atom. The standard InChI is InChI=1S/C16H18N2O/c1-9-5-3-7-11-13(16(17)19)12-8-4-6-10(2)15(12)18-14(9)11/h3,5,7,10H,4,6,8H2,1-2H3,(H2,17,19). The van der Waals surface area contributed by atoms with Crippen LogP contribution in [-0.4, -0.2) is 10.9 Å². The van der Waals surface area contributed by atoms with E-state index in [2.05, 4.69) is 6.92 Å². The van der Waals surface area contributed by atoms with Gasteiger partial charge in [0.2, 0.25) is 5.91 Å². The first-order valence-electron chi connectivity index (χ1n) is 6.81. The molecule has 0 aliphatic heterocycles. The van der Waals surface area contributed by atoms with Crippen molar-refractivity contribution < 1.29 is 4.79 Å². The van der Waals surface area contributed by atoms with Crippen molar-refractivity contribution in [3.8, 4) is 0 Å². The Morgan fingerprint density at radius 3 is 2.95 bits per heavy atom. The number of para-hydroxylation sites is 1. The van der Waals surface area contributed by atoms with Crippen LogP contribution in [0.3, 0.4) is 0 Å². The third-order valence-corrected chi connectivity index (χ3v) is 4.13. The maximum Gasteiger partial charge on any atom is 0.249 e. The van der Waals surface area contributed by atoms with Crippen molar-refractivity contribution in [2.75, 3.05) is 0 Å². The van der Waals surface area contributed by atoms with Gasteiger partial charge < -0.3 is 5.73 Å². The summed E-state index contributed by atoms with van der Waals surface area (Å²) < 4.78 is 0. The number of hydrogen-bond donors (Lipinski definition) is 1. The molecule has 1 aromatic heterocycles. The predicted molar refractivity (Wildman–Crippen MR) is 76.4 cm³/mol. The summed E-state index contributed by atoms with van der Waals surface area (Å²) in [5, 5.41) is 0.903. The molecule has 3 nitrogen and oxygen atoms in total. The molecule has 0 fully saturated rings. The molecule has 19 heavy (non-hydrogen) atoms. The van der Waals surface area contributed by atoms with Gasteiger partial charge in [-0.25, -0.2) is 0 Å². The number of fused-ring (bicyclic) bond motifs is 2. The minimum atomic E-state index is -0.330. The van der Waals surface area contributed by atoms with Gasteiger partial charge >= 0.3 is 0 Å². The quantitative estimate of drug-likeness (QED) is 0.850. The number of carbonyl (C=O) groups excluding carboxylic acids is 1. The molecule has 1 aliphatic carbocycles. The van der Waals surface area contributed by atoms with Crippen molar-refractivity contribution in [1.29, 1.82) is 0 Å². The average molecular weight is 254 g/mol. The van der Waals surface area contributed by atoms with Crippen LogP contribution in [0, 0.1) is 6.92 Å². The molecule has 1 unspecified atom stereocenters. The summed E-state index contributed by atoms with van der Waals surface area (Å²) in [4.78, 5) is 16.7. The minimum Gasteiger partial charge on any atom is -0.366 e. The molecule has 0 radical (unpaired) electrons. The fourth-order valence-electron chi connectivity index (χ4n) is 3.15. The molecule has 3 heteroatoms. The van der Waals surface area contributed by atoms with Gasteiger partial charge in [0, 0.05) is 11.1 Å². The lowest BCUT2D eigenvalue weighted by Gasteiger charge is -2.24. The molecule has 0 saturated carbocycles. The number of benzene rings is 1. The monoisotopic (exact) mass is 254 g/mol. The lowest BCUT2D eigenvalue weighted by atomic mass is 9.83. The molecule has 3 rings (SSSR count). The third kappa shape index (κ3) is 1.81. The highest BCUT2D eigenvalue weighted by Crippen LogP contribution is 2.35. The third-order valence-electron chi connectivity index (χ3n) is 4.13. The van der Waals surface area contributed by atoms with Gasteiger partial charge in [0.05, 0.1) is 11.1 Å². The molecule has 0 bridgehead atoms. The molecule has 1 aromatic carbocycles. The van der Waals surface area contributed by atoms with E-state index in [0.717, 1.165) is 47.0 Å². The van der Waals surface area contributed by atoms with Crippen LogP contribution in [0.2, 0.25) is 0 Å². The van der Waals surface area contributed by atoms with E-state index in [1.165, 1.54) is 0 Å². The SMILES string of the molecule is Cc1cccc2c(C(N)=O)c3c(nc12)C(C)CCC3. The summed E-state index contributed by atoms with van der Waals surface area (Å²) in [5.74, 6) is 0.0780. The van der Waals surface area contributed by atoms with Crippen LogP contribution >= 0.6 is 0 Å². The second kappa shape index (κ2) is 4.34. The number of aromatic nitrogens is 1. The molecule has 1 amide bonds. The van der Waals surface area contributed by atoms with Crippen molar-refractivity contribution in [2.24, 2.45) is 5.73 Å². The fourth-order valence-corrected chi connectivity index (χ4v) is 3.15. The Balaban J connectivity index is 2.45. The van der Waals surface area contributed by atoms with Gasteiger partial charge in [0.1, 0.15) is 0 Å². The second-order valence-electron chi connectivity index (χ2n) is 5.48. The second-order valence-corrected chi connectivity index (χ2v) is 5.48. The lowest BCUT2D eigenvalue weighted by molar-refractivity contribution is 0.100. The highest BCUT2D eigenvalue weighted by atomic mass is 16.1. The van der Waals surface area contributed by atoms with Crippen LogP contribution in [0.4, 0.5) is 0 Å². The zero-order valence-electron chi connectivity index (χ0n) is 11.4. The van der Waals surface area contributed by atoms with E-state index in [9.17, 15) is 4.79 Å². The van der Waals surface area contributed by atoms with Gasteiger partial charge in [0.15, 0.2) is 0 Å². The van der Waals surface area contributed by atoms with Crippen LogP contribution in [0.15, 0.2) is 18.2 Å². The molecule has 1 heterocycles. The first-order valence-corrected chi connectivity index (χ1v) is 6.81. The number of rotatable bonds is 1. The highest BCUT2D eigenvalue weighted by molar-refractivity contribution is 6.07. The maximum atomic E-state index is 11.9. The van der Waals surface area contributed by atoms with Gasteiger partial charge in [-0.05, 0) is 43.2 Å². The predicted octanol–water partition coefficient (Wildman–Crippen LogP) is 3.08. The molecule has 1 atom stereocenters. The van der Waals surface area contributed by atoms with Crippen molar-refractivity contribution in [3.63, 3.8) is 0 Å². The largest absolute Gasteiger partial charge is 0.366 e. The Labute approximate surface area is 112 Å². The smallest absolute Gasteiger partial charge is 0.249 e. The molecular formula is C16H18N2O. The number of hydrogen-bond acceptors (Lipinski definition) is 2. The van der Waals surface area contributed by atoms with Crippen LogP contribution in [0.25, 0.3) is 10.9 Å². The van der Waals surface area contributed by atoms with Crippen LogP contribution in [-0.2, 0) is 6.42 Å². The lowest BCUT2D eigenvalue weighted by Crippen LogP contribution is -2.20. The van der Waals surface area contributed by atoms with Crippen molar-refractivity contribution in [1.82, 2.24) is 4.98 Å². The highest BCUT2D eigenvalue weighted by Gasteiger charge is 2.25. The van der Waals surface area contributed by atoms with Gasteiger partial charge in [-0.2, -0.15) is 0 Å². The van der Waals surface area contributed by atoms with E-state index in [1.807, 2.05) is 25.1 Å². The summed E-state index contributed by atoms with van der Waals surface area (Å²) in [6.07, 6.45) is 3.15. The van der Waals surface area contributed by atoms with Crippen LogP contribution in [0.5, 0.6) is 0 Å². The summed E-state index contributed by atoms with van der Waals surface area (Å²) in [5.41, 5.74) is 10.5. The Hall–Kier alpha value is -1.90. The van der Waals surface area contributed by atoms with Gasteiger partial charge in [-0.15, -0.1) is 0 Å². The number of aryl methyl sites for hydroxylation is 1. The van der Waals surface area contributed by atoms with Crippen molar-refractivity contribution >= 4 is 16.8 Å². The van der Waals surface area contributed by atoms with Gasteiger partial charge in [-0.3, -0.25) is 9.78 Å². The summed E-state index contributed by atoms with van der Waals surface area (Å²) in [6, 6.07) is 5.94. The summed E-state index contributed by atoms with van der Waals surface area (Å²) >= 11 is 0. The molecule has 0 saturated heterocycles. The zero-order valence-corrected chi connectivity index (χ0v) is 11.4. The number of amides is 1. The van der Waals surface area contributed by atoms with Crippen molar-refractivity contribution in [2.45, 2.75) is 39.0 Å². The molecule has 2 N–H and O–H groups in total. The fraction of sp³-hybridized carbons (Fsp3) is 0.375. The molecule has 98 valence electrons. The maximum absolute atomic E-state index is 11.9. The van der Waals surface area contributed by atoms with Crippen molar-refractivity contribution in [3.05, 3.63) is 40.6 Å². The molecule has 2 aromatic rings. The van der Waals surface area contributed by atoms with E-state index < -0.39 is 0 Å². The Morgan fingerprint density at radius 2 is 2.21 bits per heavy atom. The number of primary amides is 1. The first-order chi connectivity index (χ1) is 9.09. The van der Waals surface area contributed by atoms with Crippen LogP contribution in [0.1, 0.15) is 52.9 Å². The zero-order chi connectivity index (χ0) is 13.6. The number of nitrogens with zero attached hydrogens (tertiary/aromatic N) is 1. The topological polar surface area (TPSA) is 56.0 Å². The van der Waals surface area contributed by atoms with E-state index in [0.29, 0.717) is 11.5 Å². The van der Waals surface area contributed by atoms with Crippen LogP contribution < -0.4 is 5.73 Å². The average Bonchev–Trinajstić information content (AvgIpc) is 2.37. The minimum absolute atomic E-state index is 0.330. The van der Waals surface area contributed by atoms with E-state index in [4.69, 9.17) is 10.7 Å². The molecule has 0 spiro atoms. The van der Waals surface area contributed by atoms with E-state index in [-0.39, 0.29) is 5.91 Å². The van der Waals surface area contributed by atoms with E-state index in [1.54, 1.807) is 0 Å². The van der Waals surface area contributed by atoms with Gasteiger partial charge in [0.25, 0.3) is 0 Å². The Kier molecular flexibility index (Phi) is 2.77. The number of carbonyl (C=O) groups is 1. The van der Waals surface area contributed by atoms with E-state index >= 15 is 0 Å². The Bertz CT molecular complexity index is 676. The molecule has 1 aliphatic rings. The summed E-state index contributed by atoms with van der Waals surface area (Å²) in [6.45, 7) is 4.21. The number of pyridine rings is 1. The van der Waals surface area contributed by atoms with Gasteiger partial charge in [-0.1, -0.05) is 25.1 Å². The molecular weight excluding hydrogens is 236 g/mol. The first kappa shape index (κ1) is 12.2. The number of nitrogens with two attached hydrogens (primary N) is 1. The normalized spacial score (nSPS) is 18.3. The summed E-state index contributed by atoms with van der Waals surface area (Å²) in [7, 11) is 0.